The molecule has 2 nitrogen and oxygen atoms in total. The van der Waals surface area contributed by atoms with Crippen molar-refractivity contribution in [1.82, 2.24) is 0 Å². The first kappa shape index (κ1) is 38.1. The van der Waals surface area contributed by atoms with E-state index < -0.39 is 0 Å². The summed E-state index contributed by atoms with van der Waals surface area (Å²) >= 11 is 0. The van der Waals surface area contributed by atoms with Crippen LogP contribution in [-0.4, -0.2) is 0 Å². The number of anilines is 6. The Morgan fingerprint density at radius 2 is 0.794 bits per heavy atom. The van der Waals surface area contributed by atoms with Gasteiger partial charge in [-0.2, -0.15) is 0 Å². The van der Waals surface area contributed by atoms with E-state index in [0.29, 0.717) is 11.8 Å². The van der Waals surface area contributed by atoms with Gasteiger partial charge in [-0.1, -0.05) is 147 Å². The quantitative estimate of drug-likeness (QED) is 0.143. The van der Waals surface area contributed by atoms with E-state index in [4.69, 9.17) is 0 Å². The van der Waals surface area contributed by atoms with Gasteiger partial charge < -0.3 is 9.80 Å². The molecule has 13 rings (SSSR count). The van der Waals surface area contributed by atoms with Crippen LogP contribution >= 0.6 is 0 Å². The molecule has 0 atom stereocenters. The first-order valence-corrected chi connectivity index (χ1v) is 23.3. The molecule has 8 aromatic rings. The molecule has 5 aliphatic rings. The van der Waals surface area contributed by atoms with Crippen LogP contribution in [0.15, 0.2) is 206 Å². The van der Waals surface area contributed by atoms with E-state index in [0.717, 1.165) is 11.8 Å². The zero-order valence-corrected chi connectivity index (χ0v) is 36.4. The zero-order valence-electron chi connectivity index (χ0n) is 36.4. The predicted octanol–water partition coefficient (Wildman–Crippen LogP) is 16.3. The standard InChI is InChI=1S/C61H54N2/c1-60(2)57-25-15-24-55(44-16-7-3-8-17-44)59(57)56-35-34-54(41-58(56)60)63(51-22-13-6-14-23-51)53-32-28-46(29-33-53)61(47-37-42-36-43(39-47)40-48(61)38-42)45-26-30-52(31-27-45)62(49-18-9-4-10-19-49)50-20-11-5-12-21-50/h3-35,41-43,47-48H,36-40H2,1-2H3. The lowest BCUT2D eigenvalue weighted by atomic mass is 9.42. The van der Waals surface area contributed by atoms with Gasteiger partial charge in [-0.25, -0.2) is 0 Å². The summed E-state index contributed by atoms with van der Waals surface area (Å²) in [7, 11) is 0. The summed E-state index contributed by atoms with van der Waals surface area (Å²) < 4.78 is 0. The monoisotopic (exact) mass is 814 g/mol. The molecule has 4 bridgehead atoms. The number of para-hydroxylation sites is 3. The topological polar surface area (TPSA) is 6.48 Å². The molecule has 0 unspecified atom stereocenters. The van der Waals surface area contributed by atoms with E-state index in [1.807, 2.05) is 0 Å². The Morgan fingerprint density at radius 1 is 0.365 bits per heavy atom. The van der Waals surface area contributed by atoms with Crippen LogP contribution in [0.25, 0.3) is 22.3 Å². The summed E-state index contributed by atoms with van der Waals surface area (Å²) in [5.74, 6) is 3.05. The molecule has 0 spiro atoms. The molecule has 0 amide bonds. The maximum atomic E-state index is 2.51. The fourth-order valence-corrected chi connectivity index (χ4v) is 13.2. The Balaban J connectivity index is 0.950. The predicted molar refractivity (Wildman–Crippen MR) is 263 cm³/mol. The molecule has 0 saturated heterocycles. The van der Waals surface area contributed by atoms with Crippen LogP contribution in [0.1, 0.15) is 68.2 Å². The summed E-state index contributed by atoms with van der Waals surface area (Å²) in [6.45, 7) is 4.80. The van der Waals surface area contributed by atoms with E-state index in [9.17, 15) is 0 Å². The molecule has 2 heteroatoms. The van der Waals surface area contributed by atoms with Gasteiger partial charge in [-0.3, -0.25) is 0 Å². The lowest BCUT2D eigenvalue weighted by Gasteiger charge is -2.62. The molecular weight excluding hydrogens is 761 g/mol. The number of benzene rings is 8. The molecule has 4 fully saturated rings. The van der Waals surface area contributed by atoms with E-state index in [1.165, 1.54) is 111 Å². The van der Waals surface area contributed by atoms with Gasteiger partial charge >= 0.3 is 0 Å². The van der Waals surface area contributed by atoms with Crippen molar-refractivity contribution in [3.63, 3.8) is 0 Å². The van der Waals surface area contributed by atoms with Crippen molar-refractivity contribution < 1.29 is 0 Å². The SMILES string of the molecule is CC1(C)c2cc(N(c3ccccc3)c3ccc(C4(c5ccc(N(c6ccccc6)c6ccccc6)cc5)C5CC6CC(C5)CC4C6)cc3)ccc2-c2c(-c3ccccc3)cccc21. The molecule has 63 heavy (non-hydrogen) atoms. The van der Waals surface area contributed by atoms with E-state index >= 15 is 0 Å². The maximum absolute atomic E-state index is 2.51. The van der Waals surface area contributed by atoms with Crippen LogP contribution in [-0.2, 0) is 10.8 Å². The highest BCUT2D eigenvalue weighted by Crippen LogP contribution is 2.65. The van der Waals surface area contributed by atoms with Crippen LogP contribution in [0.4, 0.5) is 34.1 Å². The molecule has 0 aliphatic heterocycles. The second-order valence-electron chi connectivity index (χ2n) is 19.4. The second-order valence-corrected chi connectivity index (χ2v) is 19.4. The minimum atomic E-state index is -0.141. The molecule has 0 aromatic heterocycles. The minimum absolute atomic E-state index is 0.00773. The Labute approximate surface area is 373 Å². The van der Waals surface area contributed by atoms with Crippen molar-refractivity contribution in [3.05, 3.63) is 229 Å². The van der Waals surface area contributed by atoms with Gasteiger partial charge in [0.2, 0.25) is 0 Å². The summed E-state index contributed by atoms with van der Waals surface area (Å²) in [5.41, 5.74) is 18.0. The summed E-state index contributed by atoms with van der Waals surface area (Å²) in [4.78, 5) is 4.86. The first-order chi connectivity index (χ1) is 31.0. The zero-order chi connectivity index (χ0) is 42.1. The van der Waals surface area contributed by atoms with Gasteiger partial charge in [0, 0.05) is 45.0 Å². The lowest BCUT2D eigenvalue weighted by molar-refractivity contribution is -0.0418. The lowest BCUT2D eigenvalue weighted by Crippen LogP contribution is -2.56. The van der Waals surface area contributed by atoms with Crippen LogP contribution in [0.5, 0.6) is 0 Å². The molecular formula is C61H54N2. The summed E-state index contributed by atoms with van der Waals surface area (Å²) in [6, 6.07) is 77.2. The van der Waals surface area contributed by atoms with E-state index in [-0.39, 0.29) is 10.8 Å². The van der Waals surface area contributed by atoms with Crippen molar-refractivity contribution in [2.45, 2.75) is 56.8 Å². The molecule has 308 valence electrons. The van der Waals surface area contributed by atoms with Crippen molar-refractivity contribution in [2.24, 2.45) is 23.7 Å². The highest BCUT2D eigenvalue weighted by atomic mass is 15.1. The van der Waals surface area contributed by atoms with Gasteiger partial charge in [0.05, 0.1) is 0 Å². The Hall–Kier alpha value is -6.64. The number of hydrogen-bond donors (Lipinski definition) is 0. The van der Waals surface area contributed by atoms with Crippen LogP contribution in [0.3, 0.4) is 0 Å². The van der Waals surface area contributed by atoms with Gasteiger partial charge in [-0.05, 0) is 173 Å². The Morgan fingerprint density at radius 3 is 1.29 bits per heavy atom. The molecule has 0 N–H and O–H groups in total. The van der Waals surface area contributed by atoms with Gasteiger partial charge in [0.25, 0.3) is 0 Å². The molecule has 0 radical (unpaired) electrons. The van der Waals surface area contributed by atoms with Crippen molar-refractivity contribution in [2.75, 3.05) is 9.80 Å². The van der Waals surface area contributed by atoms with Gasteiger partial charge in [0.1, 0.15) is 0 Å². The first-order valence-electron chi connectivity index (χ1n) is 23.3. The van der Waals surface area contributed by atoms with Crippen LogP contribution in [0, 0.1) is 23.7 Å². The Bertz CT molecular complexity index is 2830. The summed E-state index contributed by atoms with van der Waals surface area (Å²) in [5, 5.41) is 0. The molecule has 0 heterocycles. The third-order valence-electron chi connectivity index (χ3n) is 15.7. The van der Waals surface area contributed by atoms with E-state index in [1.54, 1.807) is 0 Å². The van der Waals surface area contributed by atoms with Crippen molar-refractivity contribution in [3.8, 4) is 22.3 Å². The van der Waals surface area contributed by atoms with E-state index in [2.05, 4.69) is 230 Å². The average molecular weight is 815 g/mol. The molecule has 8 aromatic carbocycles. The number of nitrogens with zero attached hydrogens (tertiary/aromatic N) is 2. The normalized spacial score (nSPS) is 22.3. The maximum Gasteiger partial charge on any atom is 0.0465 e. The number of fused-ring (bicyclic) bond motifs is 3. The van der Waals surface area contributed by atoms with Crippen LogP contribution in [0.2, 0.25) is 0 Å². The van der Waals surface area contributed by atoms with Crippen molar-refractivity contribution in [1.29, 1.82) is 0 Å². The highest BCUT2D eigenvalue weighted by molar-refractivity contribution is 5.94. The largest absolute Gasteiger partial charge is 0.311 e. The van der Waals surface area contributed by atoms with Crippen molar-refractivity contribution >= 4 is 34.1 Å². The Kier molecular flexibility index (Phi) is 9.08. The highest BCUT2D eigenvalue weighted by Gasteiger charge is 2.58. The van der Waals surface area contributed by atoms with Crippen LogP contribution < -0.4 is 9.80 Å². The van der Waals surface area contributed by atoms with Gasteiger partial charge in [0.15, 0.2) is 0 Å². The minimum Gasteiger partial charge on any atom is -0.311 e. The fraction of sp³-hybridized carbons (Fsp3) is 0.213. The second kappa shape index (κ2) is 15.0. The number of rotatable bonds is 9. The van der Waals surface area contributed by atoms with Gasteiger partial charge in [-0.15, -0.1) is 0 Å². The smallest absolute Gasteiger partial charge is 0.0465 e. The summed E-state index contributed by atoms with van der Waals surface area (Å²) in [6.07, 6.45) is 6.79. The molecule has 5 aliphatic carbocycles. The fourth-order valence-electron chi connectivity index (χ4n) is 13.2. The average Bonchev–Trinajstić information content (AvgIpc) is 3.56. The number of hydrogen-bond acceptors (Lipinski definition) is 2. The third-order valence-corrected chi connectivity index (χ3v) is 15.7. The third kappa shape index (κ3) is 6.13. The molecule has 4 saturated carbocycles.